The van der Waals surface area contributed by atoms with Crippen LogP contribution in [0, 0.1) is 0 Å². The van der Waals surface area contributed by atoms with E-state index in [-0.39, 0.29) is 10.8 Å². The number of nitrogens with zero attached hydrogens (tertiary/aromatic N) is 4. The van der Waals surface area contributed by atoms with Crippen LogP contribution in [0.2, 0.25) is 0 Å². The van der Waals surface area contributed by atoms with Crippen molar-refractivity contribution < 1.29 is 13.2 Å². The van der Waals surface area contributed by atoms with Gasteiger partial charge in [-0.15, -0.1) is 10.2 Å². The Labute approximate surface area is 169 Å². The van der Waals surface area contributed by atoms with Crippen molar-refractivity contribution in [3.05, 3.63) is 54.5 Å². The van der Waals surface area contributed by atoms with Crippen LogP contribution >= 0.6 is 0 Å². The van der Waals surface area contributed by atoms with Crippen molar-refractivity contribution in [2.75, 3.05) is 11.4 Å². The fourth-order valence-electron chi connectivity index (χ4n) is 3.61. The van der Waals surface area contributed by atoms with Crippen LogP contribution in [-0.2, 0) is 14.8 Å². The van der Waals surface area contributed by atoms with Crippen LogP contribution in [0.3, 0.4) is 0 Å². The number of benzene rings is 1. The summed E-state index contributed by atoms with van der Waals surface area (Å²) in [6, 6.07) is 11.5. The fourth-order valence-corrected chi connectivity index (χ4v) is 4.84. The number of carbonyl (C=O) groups excluding carboxylic acids is 1. The number of amides is 1. The molecule has 3 aromatic rings. The van der Waals surface area contributed by atoms with Crippen LogP contribution in [0.25, 0.3) is 5.65 Å². The maximum Gasteiger partial charge on any atom is 0.241 e. The van der Waals surface area contributed by atoms with Crippen molar-refractivity contribution in [1.29, 1.82) is 0 Å². The molecule has 152 valence electrons. The van der Waals surface area contributed by atoms with Crippen molar-refractivity contribution in [2.45, 2.75) is 43.5 Å². The Bertz CT molecular complexity index is 1120. The van der Waals surface area contributed by atoms with Crippen molar-refractivity contribution >= 4 is 27.3 Å². The molecule has 1 aliphatic rings. The molecule has 0 bridgehead atoms. The van der Waals surface area contributed by atoms with E-state index in [1.165, 1.54) is 12.1 Å². The second kappa shape index (κ2) is 7.92. The number of sulfonamides is 1. The standard InChI is InChI=1S/C20H23N5O3S/c1-2-6-17(20-22-21-18-7-3-4-13-25(18)20)23-29(27,28)16-11-9-15(10-12-16)24-14-5-8-19(24)26/h3-4,7,9-13,17,23H,2,5-6,8,14H2,1H3/t17-/m0/s1. The van der Waals surface area contributed by atoms with Crippen LogP contribution in [-0.4, -0.2) is 35.5 Å². The van der Waals surface area contributed by atoms with Crippen LogP contribution in [0.4, 0.5) is 5.69 Å². The van der Waals surface area contributed by atoms with Gasteiger partial charge in [0.15, 0.2) is 11.5 Å². The van der Waals surface area contributed by atoms with E-state index >= 15 is 0 Å². The van der Waals surface area contributed by atoms with Gasteiger partial charge >= 0.3 is 0 Å². The number of pyridine rings is 1. The molecule has 0 unspecified atom stereocenters. The molecule has 2 aromatic heterocycles. The summed E-state index contributed by atoms with van der Waals surface area (Å²) in [5.74, 6) is 0.630. The molecule has 1 aliphatic heterocycles. The highest BCUT2D eigenvalue weighted by Crippen LogP contribution is 2.25. The SMILES string of the molecule is CCC[C@H](NS(=O)(=O)c1ccc(N2CCCC2=O)cc1)c1nnc2ccccn12. The number of anilines is 1. The predicted octanol–water partition coefficient (Wildman–Crippen LogP) is 2.68. The van der Waals surface area contributed by atoms with Gasteiger partial charge < -0.3 is 4.90 Å². The normalized spacial score (nSPS) is 15.9. The third-order valence-electron chi connectivity index (χ3n) is 5.06. The first-order chi connectivity index (χ1) is 14.0. The van der Waals surface area contributed by atoms with Gasteiger partial charge in [-0.2, -0.15) is 0 Å². The Morgan fingerprint density at radius 2 is 1.93 bits per heavy atom. The lowest BCUT2D eigenvalue weighted by Crippen LogP contribution is -2.30. The second-order valence-electron chi connectivity index (χ2n) is 7.09. The Balaban J connectivity index is 1.59. The van der Waals surface area contributed by atoms with Gasteiger partial charge in [-0.3, -0.25) is 9.20 Å². The van der Waals surface area contributed by atoms with Gasteiger partial charge in [0.25, 0.3) is 0 Å². The van der Waals surface area contributed by atoms with Gasteiger partial charge in [-0.25, -0.2) is 13.1 Å². The number of nitrogens with one attached hydrogen (secondary N) is 1. The molecule has 0 saturated carbocycles. The Morgan fingerprint density at radius 3 is 2.62 bits per heavy atom. The first-order valence-electron chi connectivity index (χ1n) is 9.72. The average Bonchev–Trinajstić information content (AvgIpc) is 3.34. The number of hydrogen-bond donors (Lipinski definition) is 1. The Hall–Kier alpha value is -2.78. The second-order valence-corrected chi connectivity index (χ2v) is 8.81. The van der Waals surface area contributed by atoms with E-state index in [4.69, 9.17) is 0 Å². The highest BCUT2D eigenvalue weighted by atomic mass is 32.2. The van der Waals surface area contributed by atoms with Crippen LogP contribution < -0.4 is 9.62 Å². The zero-order valence-electron chi connectivity index (χ0n) is 16.2. The molecule has 3 heterocycles. The molecule has 1 amide bonds. The molecule has 1 aromatic carbocycles. The molecule has 1 atom stereocenters. The summed E-state index contributed by atoms with van der Waals surface area (Å²) in [5, 5.41) is 8.34. The van der Waals surface area contributed by atoms with Crippen molar-refractivity contribution in [3.63, 3.8) is 0 Å². The topological polar surface area (TPSA) is 96.7 Å². The highest BCUT2D eigenvalue weighted by Gasteiger charge is 2.26. The lowest BCUT2D eigenvalue weighted by molar-refractivity contribution is -0.117. The summed E-state index contributed by atoms with van der Waals surface area (Å²) < 4.78 is 30.6. The summed E-state index contributed by atoms with van der Waals surface area (Å²) in [6.07, 6.45) is 4.56. The summed E-state index contributed by atoms with van der Waals surface area (Å²) in [5.41, 5.74) is 1.39. The van der Waals surface area contributed by atoms with E-state index in [9.17, 15) is 13.2 Å². The number of hydrogen-bond acceptors (Lipinski definition) is 5. The average molecular weight is 414 g/mol. The summed E-state index contributed by atoms with van der Waals surface area (Å²) in [6.45, 7) is 2.66. The van der Waals surface area contributed by atoms with Gasteiger partial charge in [-0.05, 0) is 49.2 Å². The molecule has 0 aliphatic carbocycles. The first-order valence-corrected chi connectivity index (χ1v) is 11.2. The molecule has 4 rings (SSSR count). The largest absolute Gasteiger partial charge is 0.312 e. The third kappa shape index (κ3) is 3.88. The molecular weight excluding hydrogens is 390 g/mol. The van der Waals surface area contributed by atoms with Gasteiger partial charge in [0, 0.05) is 24.8 Å². The predicted molar refractivity (Wildman–Crippen MR) is 109 cm³/mol. The van der Waals surface area contributed by atoms with E-state index in [1.807, 2.05) is 31.3 Å². The number of rotatable bonds is 7. The maximum atomic E-state index is 13.0. The molecule has 1 N–H and O–H groups in total. The van der Waals surface area contributed by atoms with Crippen molar-refractivity contribution in [3.8, 4) is 0 Å². The zero-order chi connectivity index (χ0) is 20.4. The van der Waals surface area contributed by atoms with Crippen molar-refractivity contribution in [1.82, 2.24) is 19.3 Å². The van der Waals surface area contributed by atoms with Gasteiger partial charge in [0.05, 0.1) is 10.9 Å². The molecule has 1 saturated heterocycles. The molecule has 0 spiro atoms. The first kappa shape index (κ1) is 19.5. The third-order valence-corrected chi connectivity index (χ3v) is 6.55. The van der Waals surface area contributed by atoms with Gasteiger partial charge in [0.2, 0.25) is 15.9 Å². The molecule has 8 nitrogen and oxygen atoms in total. The summed E-state index contributed by atoms with van der Waals surface area (Å²) >= 11 is 0. The van der Waals surface area contributed by atoms with Crippen LogP contribution in [0.15, 0.2) is 53.6 Å². The monoisotopic (exact) mass is 413 g/mol. The minimum absolute atomic E-state index is 0.0698. The lowest BCUT2D eigenvalue weighted by Gasteiger charge is -2.18. The molecule has 0 radical (unpaired) electrons. The van der Waals surface area contributed by atoms with E-state index in [0.717, 1.165) is 18.5 Å². The molecule has 1 fully saturated rings. The van der Waals surface area contributed by atoms with E-state index in [2.05, 4.69) is 14.9 Å². The van der Waals surface area contributed by atoms with Crippen LogP contribution in [0.1, 0.15) is 44.5 Å². The molecular formula is C20H23N5O3S. The van der Waals surface area contributed by atoms with E-state index in [0.29, 0.717) is 30.9 Å². The van der Waals surface area contributed by atoms with E-state index in [1.54, 1.807) is 21.4 Å². The minimum Gasteiger partial charge on any atom is -0.312 e. The fraction of sp³-hybridized carbons (Fsp3) is 0.350. The van der Waals surface area contributed by atoms with E-state index < -0.39 is 16.1 Å². The summed E-state index contributed by atoms with van der Waals surface area (Å²) in [4.78, 5) is 13.7. The zero-order valence-corrected chi connectivity index (χ0v) is 17.0. The van der Waals surface area contributed by atoms with Crippen LogP contribution in [0.5, 0.6) is 0 Å². The van der Waals surface area contributed by atoms with Gasteiger partial charge in [-0.1, -0.05) is 19.4 Å². The Kier molecular flexibility index (Phi) is 5.33. The Morgan fingerprint density at radius 1 is 1.14 bits per heavy atom. The number of carbonyl (C=O) groups is 1. The quantitative estimate of drug-likeness (QED) is 0.642. The number of fused-ring (bicyclic) bond motifs is 1. The maximum absolute atomic E-state index is 13.0. The van der Waals surface area contributed by atoms with Crippen molar-refractivity contribution in [2.24, 2.45) is 0 Å². The molecule has 9 heteroatoms. The van der Waals surface area contributed by atoms with Gasteiger partial charge in [0.1, 0.15) is 0 Å². The number of aromatic nitrogens is 3. The minimum atomic E-state index is -3.76. The smallest absolute Gasteiger partial charge is 0.241 e. The molecule has 29 heavy (non-hydrogen) atoms. The lowest BCUT2D eigenvalue weighted by atomic mass is 10.2. The summed E-state index contributed by atoms with van der Waals surface area (Å²) in [7, 11) is -3.76. The highest BCUT2D eigenvalue weighted by molar-refractivity contribution is 7.89.